The number of carbonyl (C=O) groups excluding carboxylic acids is 1. The van der Waals surface area contributed by atoms with Crippen LogP contribution >= 0.6 is 0 Å². The Morgan fingerprint density at radius 2 is 2.06 bits per heavy atom. The van der Waals surface area contributed by atoms with Crippen molar-refractivity contribution in [3.05, 3.63) is 35.4 Å². The van der Waals surface area contributed by atoms with Crippen molar-refractivity contribution >= 4 is 6.29 Å². The monoisotopic (exact) mass is 246 g/mol. The van der Waals surface area contributed by atoms with Crippen LogP contribution in [0.2, 0.25) is 0 Å². The lowest BCUT2D eigenvalue weighted by atomic mass is 10.1. The Morgan fingerprint density at radius 3 is 2.78 bits per heavy atom. The molecule has 98 valence electrons. The van der Waals surface area contributed by atoms with Crippen LogP contribution in [-0.4, -0.2) is 30.3 Å². The van der Waals surface area contributed by atoms with E-state index in [0.29, 0.717) is 0 Å². The van der Waals surface area contributed by atoms with Crippen LogP contribution in [0.4, 0.5) is 0 Å². The molecule has 0 bridgehead atoms. The molecule has 1 aromatic rings. The molecule has 0 aromatic heterocycles. The predicted octanol–water partition coefficient (Wildman–Crippen LogP) is 1.96. The van der Waals surface area contributed by atoms with Crippen LogP contribution in [0, 0.1) is 0 Å². The van der Waals surface area contributed by atoms with Crippen LogP contribution in [0.5, 0.6) is 0 Å². The van der Waals surface area contributed by atoms with Gasteiger partial charge in [-0.3, -0.25) is 4.90 Å². The molecule has 0 radical (unpaired) electrons. The maximum atomic E-state index is 10.6. The van der Waals surface area contributed by atoms with Gasteiger partial charge in [0.15, 0.2) is 0 Å². The molecule has 0 spiro atoms. The molecule has 0 amide bonds. The van der Waals surface area contributed by atoms with Gasteiger partial charge in [0, 0.05) is 13.1 Å². The first-order valence-electron chi connectivity index (χ1n) is 6.77. The summed E-state index contributed by atoms with van der Waals surface area (Å²) in [5.74, 6) is 0. The zero-order valence-corrected chi connectivity index (χ0v) is 11.1. The molecule has 3 heteroatoms. The third-order valence-electron chi connectivity index (χ3n) is 3.43. The van der Waals surface area contributed by atoms with E-state index in [9.17, 15) is 4.79 Å². The van der Waals surface area contributed by atoms with Crippen molar-refractivity contribution in [2.24, 2.45) is 0 Å². The van der Waals surface area contributed by atoms with Crippen molar-refractivity contribution < 1.29 is 4.79 Å². The summed E-state index contributed by atoms with van der Waals surface area (Å²) < 4.78 is 0. The summed E-state index contributed by atoms with van der Waals surface area (Å²) in [4.78, 5) is 13.1. The summed E-state index contributed by atoms with van der Waals surface area (Å²) in [5, 5.41) is 3.19. The molecule has 18 heavy (non-hydrogen) atoms. The van der Waals surface area contributed by atoms with E-state index in [1.807, 2.05) is 6.92 Å². The first-order chi connectivity index (χ1) is 8.78. The molecule has 1 aliphatic heterocycles. The average molecular weight is 246 g/mol. The van der Waals surface area contributed by atoms with Gasteiger partial charge in [0.25, 0.3) is 0 Å². The van der Waals surface area contributed by atoms with E-state index in [2.05, 4.69) is 34.5 Å². The molecule has 0 aliphatic carbocycles. The number of carbonyl (C=O) groups is 1. The number of aldehydes is 1. The van der Waals surface area contributed by atoms with Crippen molar-refractivity contribution in [1.82, 2.24) is 10.2 Å². The normalized spacial score (nSPS) is 17.8. The van der Waals surface area contributed by atoms with E-state index in [-0.39, 0.29) is 6.04 Å². The van der Waals surface area contributed by atoms with Gasteiger partial charge in [-0.25, -0.2) is 0 Å². The number of hydrogen-bond donors (Lipinski definition) is 1. The lowest BCUT2D eigenvalue weighted by Gasteiger charge is -2.15. The summed E-state index contributed by atoms with van der Waals surface area (Å²) in [6, 6.07) is 8.56. The zero-order chi connectivity index (χ0) is 12.8. The van der Waals surface area contributed by atoms with Gasteiger partial charge in [-0.2, -0.15) is 0 Å². The zero-order valence-electron chi connectivity index (χ0n) is 11.1. The van der Waals surface area contributed by atoms with Crippen LogP contribution in [0.15, 0.2) is 24.3 Å². The highest BCUT2D eigenvalue weighted by Crippen LogP contribution is 2.13. The molecule has 1 heterocycles. The smallest absolute Gasteiger partial charge is 0.136 e. The van der Waals surface area contributed by atoms with Gasteiger partial charge in [-0.15, -0.1) is 0 Å². The number of benzene rings is 1. The van der Waals surface area contributed by atoms with Gasteiger partial charge in [0.1, 0.15) is 6.29 Å². The first-order valence-corrected chi connectivity index (χ1v) is 6.77. The second kappa shape index (κ2) is 6.66. The fraction of sp³-hybridized carbons (Fsp3) is 0.533. The van der Waals surface area contributed by atoms with E-state index >= 15 is 0 Å². The van der Waals surface area contributed by atoms with Crippen molar-refractivity contribution in [3.8, 4) is 0 Å². The Hall–Kier alpha value is -1.19. The van der Waals surface area contributed by atoms with Crippen LogP contribution in [0.1, 0.15) is 30.9 Å². The molecule has 1 aromatic carbocycles. The predicted molar refractivity (Wildman–Crippen MR) is 73.3 cm³/mol. The van der Waals surface area contributed by atoms with Crippen molar-refractivity contribution in [2.45, 2.75) is 38.9 Å². The van der Waals surface area contributed by atoms with E-state index in [1.165, 1.54) is 37.1 Å². The number of nitrogens with zero attached hydrogens (tertiary/aromatic N) is 1. The topological polar surface area (TPSA) is 32.3 Å². The lowest BCUT2D eigenvalue weighted by molar-refractivity contribution is -0.109. The molecule has 3 nitrogen and oxygen atoms in total. The maximum Gasteiger partial charge on any atom is 0.136 e. The minimum atomic E-state index is -0.0766. The Morgan fingerprint density at radius 1 is 1.33 bits per heavy atom. The van der Waals surface area contributed by atoms with Crippen LogP contribution in [0.3, 0.4) is 0 Å². The molecule has 1 aliphatic rings. The third-order valence-corrected chi connectivity index (χ3v) is 3.43. The number of nitrogens with one attached hydrogen (secondary N) is 1. The molecule has 1 fully saturated rings. The standard InChI is InChI=1S/C15H22N2O/c1-13(12-18)16-10-14-5-4-6-15(9-14)11-17-7-2-3-8-17/h4-6,9,12-13,16H,2-3,7-8,10-11H2,1H3. The largest absolute Gasteiger partial charge is 0.304 e. The Bertz CT molecular complexity index is 386. The quantitative estimate of drug-likeness (QED) is 0.779. The lowest BCUT2D eigenvalue weighted by Crippen LogP contribution is -2.26. The minimum Gasteiger partial charge on any atom is -0.304 e. The van der Waals surface area contributed by atoms with Gasteiger partial charge in [-0.05, 0) is 44.0 Å². The van der Waals surface area contributed by atoms with E-state index in [4.69, 9.17) is 0 Å². The minimum absolute atomic E-state index is 0.0766. The van der Waals surface area contributed by atoms with Crippen molar-refractivity contribution in [1.29, 1.82) is 0 Å². The van der Waals surface area contributed by atoms with Crippen LogP contribution in [0.25, 0.3) is 0 Å². The Balaban J connectivity index is 1.89. The Labute approximate surface area is 109 Å². The highest BCUT2D eigenvalue weighted by molar-refractivity contribution is 5.56. The van der Waals surface area contributed by atoms with E-state index in [0.717, 1.165) is 19.4 Å². The van der Waals surface area contributed by atoms with Crippen LogP contribution in [-0.2, 0) is 17.9 Å². The second-order valence-electron chi connectivity index (χ2n) is 5.11. The molecule has 1 saturated heterocycles. The SMILES string of the molecule is CC(C=O)NCc1cccc(CN2CCCC2)c1. The summed E-state index contributed by atoms with van der Waals surface area (Å²) in [7, 11) is 0. The molecule has 0 saturated carbocycles. The number of likely N-dealkylation sites (tertiary alicyclic amines) is 1. The molecular weight excluding hydrogens is 224 g/mol. The molecule has 2 rings (SSSR count). The first kappa shape index (κ1) is 13.2. The Kier molecular flexibility index (Phi) is 4.90. The summed E-state index contributed by atoms with van der Waals surface area (Å²) >= 11 is 0. The third kappa shape index (κ3) is 3.93. The molecule has 1 unspecified atom stereocenters. The average Bonchev–Trinajstić information content (AvgIpc) is 2.89. The van der Waals surface area contributed by atoms with Crippen LogP contribution < -0.4 is 5.32 Å². The van der Waals surface area contributed by atoms with Gasteiger partial charge < -0.3 is 10.1 Å². The second-order valence-corrected chi connectivity index (χ2v) is 5.11. The van der Waals surface area contributed by atoms with E-state index < -0.39 is 0 Å². The van der Waals surface area contributed by atoms with Gasteiger partial charge >= 0.3 is 0 Å². The van der Waals surface area contributed by atoms with Gasteiger partial charge in [-0.1, -0.05) is 24.3 Å². The maximum absolute atomic E-state index is 10.6. The van der Waals surface area contributed by atoms with E-state index in [1.54, 1.807) is 0 Å². The number of rotatable bonds is 6. The summed E-state index contributed by atoms with van der Waals surface area (Å²) in [6.07, 6.45) is 3.60. The summed E-state index contributed by atoms with van der Waals surface area (Å²) in [6.45, 7) is 6.14. The fourth-order valence-corrected chi connectivity index (χ4v) is 2.36. The fourth-order valence-electron chi connectivity index (χ4n) is 2.36. The molecule has 1 atom stereocenters. The van der Waals surface area contributed by atoms with Crippen molar-refractivity contribution in [3.63, 3.8) is 0 Å². The molecule has 1 N–H and O–H groups in total. The molecular formula is C15H22N2O. The van der Waals surface area contributed by atoms with Gasteiger partial charge in [0.2, 0.25) is 0 Å². The number of hydrogen-bond acceptors (Lipinski definition) is 3. The van der Waals surface area contributed by atoms with Crippen molar-refractivity contribution in [2.75, 3.05) is 13.1 Å². The summed E-state index contributed by atoms with van der Waals surface area (Å²) in [5.41, 5.74) is 2.62. The van der Waals surface area contributed by atoms with Gasteiger partial charge in [0.05, 0.1) is 6.04 Å². The highest BCUT2D eigenvalue weighted by atomic mass is 16.1. The highest BCUT2D eigenvalue weighted by Gasteiger charge is 2.11.